The number of carboxylic acid groups (broad SMARTS) is 1. The number of aliphatic carboxylic acids is 1. The van der Waals surface area contributed by atoms with Crippen LogP contribution >= 0.6 is 11.6 Å². The molecular weight excluding hydrogens is 422 g/mol. The number of furan rings is 1. The highest BCUT2D eigenvalue weighted by Gasteiger charge is 2.35. The molecule has 1 aliphatic rings. The quantitative estimate of drug-likeness (QED) is 0.544. The number of hydrazone groups is 1. The molecule has 0 saturated carbocycles. The number of ether oxygens (including phenoxy) is 1. The Hall–Kier alpha value is -3.39. The number of benzene rings is 1. The van der Waals surface area contributed by atoms with Gasteiger partial charge in [0.1, 0.15) is 22.4 Å². The zero-order valence-electron chi connectivity index (χ0n) is 16.7. The fraction of sp³-hybridized carbons (Fsp3) is 0.273. The van der Waals surface area contributed by atoms with Crippen molar-refractivity contribution < 1.29 is 23.8 Å². The molecule has 0 radical (unpaired) electrons. The number of fused-ring (bicyclic) bond motifs is 1. The number of rotatable bonds is 7. The van der Waals surface area contributed by atoms with Crippen LogP contribution in [0.25, 0.3) is 10.9 Å². The van der Waals surface area contributed by atoms with Crippen LogP contribution in [0.15, 0.2) is 52.2 Å². The zero-order valence-corrected chi connectivity index (χ0v) is 17.5. The van der Waals surface area contributed by atoms with Gasteiger partial charge in [0.25, 0.3) is 0 Å². The molecule has 1 aliphatic heterocycles. The van der Waals surface area contributed by atoms with Gasteiger partial charge in [-0.2, -0.15) is 5.10 Å². The van der Waals surface area contributed by atoms with Crippen molar-refractivity contribution in [1.29, 1.82) is 0 Å². The fourth-order valence-electron chi connectivity index (χ4n) is 3.59. The molecule has 8 nitrogen and oxygen atoms in total. The fourth-order valence-corrected chi connectivity index (χ4v) is 3.86. The second-order valence-corrected chi connectivity index (χ2v) is 7.51. The van der Waals surface area contributed by atoms with Crippen LogP contribution in [0.2, 0.25) is 5.15 Å². The van der Waals surface area contributed by atoms with Crippen molar-refractivity contribution in [2.45, 2.75) is 31.7 Å². The summed E-state index contributed by atoms with van der Waals surface area (Å²) in [5.74, 6) is 0.0244. The second-order valence-electron chi connectivity index (χ2n) is 7.16. The molecule has 1 unspecified atom stereocenters. The highest BCUT2D eigenvalue weighted by atomic mass is 35.5. The summed E-state index contributed by atoms with van der Waals surface area (Å²) < 4.78 is 10.8. The molecule has 1 N–H and O–H groups in total. The van der Waals surface area contributed by atoms with Crippen molar-refractivity contribution in [3.63, 3.8) is 0 Å². The number of methoxy groups -OCH3 is 1. The summed E-state index contributed by atoms with van der Waals surface area (Å²) in [6.07, 6.45) is 2.14. The lowest BCUT2D eigenvalue weighted by molar-refractivity contribution is -0.137. The van der Waals surface area contributed by atoms with E-state index in [2.05, 4.69) is 10.1 Å². The number of hydrogen-bond acceptors (Lipinski definition) is 6. The maximum atomic E-state index is 12.9. The van der Waals surface area contributed by atoms with Gasteiger partial charge in [0.2, 0.25) is 5.91 Å². The summed E-state index contributed by atoms with van der Waals surface area (Å²) in [6.45, 7) is 0. The van der Waals surface area contributed by atoms with E-state index in [-0.39, 0.29) is 30.3 Å². The third-order valence-electron chi connectivity index (χ3n) is 5.11. The molecule has 160 valence electrons. The van der Waals surface area contributed by atoms with Gasteiger partial charge in [-0.1, -0.05) is 11.6 Å². The number of amides is 1. The summed E-state index contributed by atoms with van der Waals surface area (Å²) in [7, 11) is 1.59. The minimum atomic E-state index is -0.943. The first-order chi connectivity index (χ1) is 15.0. The molecule has 0 saturated heterocycles. The predicted octanol–water partition coefficient (Wildman–Crippen LogP) is 4.42. The van der Waals surface area contributed by atoms with Gasteiger partial charge >= 0.3 is 5.97 Å². The predicted molar refractivity (Wildman–Crippen MR) is 114 cm³/mol. The van der Waals surface area contributed by atoms with E-state index in [1.807, 2.05) is 18.2 Å². The standard InChI is InChI=1S/C22H20ClN3O5/c1-30-14-7-8-16-13(10-14)11-15(22(23)24-16)18-12-17(19-4-3-9-31-19)25-26(18)20(27)5-2-6-21(28)29/h3-4,7-11,18H,2,5-6,12H2,1H3,(H,28,29). The molecule has 1 amide bonds. The molecule has 4 rings (SSSR count). The van der Waals surface area contributed by atoms with Gasteiger partial charge in [0.05, 0.1) is 24.9 Å². The van der Waals surface area contributed by atoms with Crippen LogP contribution in [0.1, 0.15) is 43.0 Å². The number of halogens is 1. The van der Waals surface area contributed by atoms with E-state index in [9.17, 15) is 9.59 Å². The van der Waals surface area contributed by atoms with Crippen molar-refractivity contribution in [2.75, 3.05) is 7.11 Å². The van der Waals surface area contributed by atoms with Crippen molar-refractivity contribution in [2.24, 2.45) is 5.10 Å². The van der Waals surface area contributed by atoms with Crippen LogP contribution in [-0.4, -0.2) is 39.8 Å². The molecule has 0 fully saturated rings. The Kier molecular flexibility index (Phi) is 5.90. The third kappa shape index (κ3) is 4.39. The van der Waals surface area contributed by atoms with Gasteiger partial charge in [-0.3, -0.25) is 9.59 Å². The summed E-state index contributed by atoms with van der Waals surface area (Å²) in [4.78, 5) is 28.2. The summed E-state index contributed by atoms with van der Waals surface area (Å²) in [6, 6.07) is 10.4. The zero-order chi connectivity index (χ0) is 22.0. The number of aromatic nitrogens is 1. The van der Waals surface area contributed by atoms with E-state index in [0.29, 0.717) is 34.7 Å². The lowest BCUT2D eigenvalue weighted by atomic mass is 10.0. The lowest BCUT2D eigenvalue weighted by Gasteiger charge is -2.23. The van der Waals surface area contributed by atoms with Crippen LogP contribution in [0.4, 0.5) is 0 Å². The van der Waals surface area contributed by atoms with E-state index in [1.165, 1.54) is 5.01 Å². The van der Waals surface area contributed by atoms with E-state index >= 15 is 0 Å². The Labute approximate surface area is 183 Å². The van der Waals surface area contributed by atoms with E-state index < -0.39 is 12.0 Å². The molecular formula is C22H20ClN3O5. The minimum absolute atomic E-state index is 0.0597. The van der Waals surface area contributed by atoms with E-state index in [1.54, 1.807) is 31.6 Å². The Morgan fingerprint density at radius 1 is 1.29 bits per heavy atom. The van der Waals surface area contributed by atoms with Crippen molar-refractivity contribution in [3.8, 4) is 5.75 Å². The summed E-state index contributed by atoms with van der Waals surface area (Å²) in [5.41, 5.74) is 1.97. The summed E-state index contributed by atoms with van der Waals surface area (Å²) in [5, 5.41) is 15.8. The van der Waals surface area contributed by atoms with Crippen LogP contribution in [0, 0.1) is 0 Å². The Balaban J connectivity index is 1.69. The van der Waals surface area contributed by atoms with E-state index in [4.69, 9.17) is 25.9 Å². The molecule has 0 aliphatic carbocycles. The largest absolute Gasteiger partial charge is 0.497 e. The normalized spacial score (nSPS) is 15.9. The maximum Gasteiger partial charge on any atom is 0.303 e. The van der Waals surface area contributed by atoms with Gasteiger partial charge in [-0.05, 0) is 42.8 Å². The monoisotopic (exact) mass is 441 g/mol. The van der Waals surface area contributed by atoms with Gasteiger partial charge in [0, 0.05) is 30.2 Å². The van der Waals surface area contributed by atoms with Crippen LogP contribution in [0.5, 0.6) is 5.75 Å². The van der Waals surface area contributed by atoms with Crippen molar-refractivity contribution in [1.82, 2.24) is 9.99 Å². The number of nitrogens with zero attached hydrogens (tertiary/aromatic N) is 3. The van der Waals surface area contributed by atoms with Gasteiger partial charge < -0.3 is 14.3 Å². The average Bonchev–Trinajstić information content (AvgIpc) is 3.42. The minimum Gasteiger partial charge on any atom is -0.497 e. The first-order valence-corrected chi connectivity index (χ1v) is 10.1. The molecule has 0 spiro atoms. The first kappa shape index (κ1) is 20.9. The number of carbonyl (C=O) groups is 2. The Bertz CT molecular complexity index is 1160. The average molecular weight is 442 g/mol. The Morgan fingerprint density at radius 2 is 2.13 bits per heavy atom. The molecule has 31 heavy (non-hydrogen) atoms. The molecule has 9 heteroatoms. The highest BCUT2D eigenvalue weighted by Crippen LogP contribution is 2.38. The topological polar surface area (TPSA) is 105 Å². The second kappa shape index (κ2) is 8.77. The molecule has 3 aromatic rings. The van der Waals surface area contributed by atoms with Crippen molar-refractivity contribution in [3.05, 3.63) is 59.1 Å². The van der Waals surface area contributed by atoms with Crippen LogP contribution < -0.4 is 4.74 Å². The van der Waals surface area contributed by atoms with Gasteiger partial charge in [0.15, 0.2) is 0 Å². The SMILES string of the molecule is COc1ccc2nc(Cl)c(C3CC(c4ccco4)=NN3C(=O)CCCC(=O)O)cc2c1. The number of pyridine rings is 1. The number of carboxylic acids is 1. The first-order valence-electron chi connectivity index (χ1n) is 9.75. The van der Waals surface area contributed by atoms with Crippen LogP contribution in [-0.2, 0) is 9.59 Å². The maximum absolute atomic E-state index is 12.9. The number of hydrogen-bond donors (Lipinski definition) is 1. The smallest absolute Gasteiger partial charge is 0.303 e. The molecule has 1 aromatic carbocycles. The van der Waals surface area contributed by atoms with Crippen LogP contribution in [0.3, 0.4) is 0 Å². The van der Waals surface area contributed by atoms with Gasteiger partial charge in [-0.15, -0.1) is 0 Å². The molecule has 2 aromatic heterocycles. The van der Waals surface area contributed by atoms with Crippen molar-refractivity contribution >= 4 is 40.1 Å². The molecule has 0 bridgehead atoms. The van der Waals surface area contributed by atoms with Gasteiger partial charge in [-0.25, -0.2) is 9.99 Å². The highest BCUT2D eigenvalue weighted by molar-refractivity contribution is 6.30. The lowest BCUT2D eigenvalue weighted by Crippen LogP contribution is -2.27. The molecule has 1 atom stereocenters. The Morgan fingerprint density at radius 3 is 2.84 bits per heavy atom. The summed E-state index contributed by atoms with van der Waals surface area (Å²) >= 11 is 6.51. The number of carbonyl (C=O) groups excluding carboxylic acids is 1. The third-order valence-corrected chi connectivity index (χ3v) is 5.42. The molecule has 3 heterocycles. The van der Waals surface area contributed by atoms with E-state index in [0.717, 1.165) is 5.39 Å².